The number of hydrogen-bond donors (Lipinski definition) is 2. The number of halogens is 5. The van der Waals surface area contributed by atoms with Crippen molar-refractivity contribution in [2.24, 2.45) is 0 Å². The van der Waals surface area contributed by atoms with Crippen LogP contribution in [0.4, 0.5) is 22.0 Å². The van der Waals surface area contributed by atoms with Crippen LogP contribution in [0.3, 0.4) is 0 Å². The number of aromatic nitrogens is 2. The zero-order valence-electron chi connectivity index (χ0n) is 17.9. The molecule has 1 aliphatic carbocycles. The molecule has 1 atom stereocenters. The van der Waals surface area contributed by atoms with Gasteiger partial charge in [-0.15, -0.1) is 13.2 Å². The molecule has 0 saturated heterocycles. The summed E-state index contributed by atoms with van der Waals surface area (Å²) in [7, 11) is 0. The number of amides is 1. The van der Waals surface area contributed by atoms with Crippen molar-refractivity contribution in [2.75, 3.05) is 0 Å². The Morgan fingerprint density at radius 3 is 2.54 bits per heavy atom. The lowest BCUT2D eigenvalue weighted by molar-refractivity contribution is -0.275. The van der Waals surface area contributed by atoms with Crippen LogP contribution >= 0.6 is 0 Å². The monoisotopic (exact) mass is 495 g/mol. The third kappa shape index (κ3) is 5.83. The zero-order chi connectivity index (χ0) is 25.4. The van der Waals surface area contributed by atoms with Gasteiger partial charge in [0.1, 0.15) is 11.5 Å². The molecule has 1 aromatic carbocycles. The van der Waals surface area contributed by atoms with Gasteiger partial charge in [0.25, 0.3) is 11.5 Å². The smallest absolute Gasteiger partial charge is 0.403 e. The summed E-state index contributed by atoms with van der Waals surface area (Å²) in [4.78, 5) is 29.0. The van der Waals surface area contributed by atoms with Gasteiger partial charge in [0.05, 0.1) is 23.8 Å². The molecule has 0 radical (unpaired) electrons. The van der Waals surface area contributed by atoms with E-state index < -0.39 is 46.9 Å². The number of nitrogens with one attached hydrogen (secondary N) is 1. The number of aliphatic hydroxyl groups is 1. The maximum Gasteiger partial charge on any atom is 0.573 e. The molecule has 35 heavy (non-hydrogen) atoms. The number of benzene rings is 1. The van der Waals surface area contributed by atoms with Gasteiger partial charge in [-0.05, 0) is 48.7 Å². The van der Waals surface area contributed by atoms with Gasteiger partial charge < -0.3 is 19.7 Å². The minimum Gasteiger partial charge on any atom is -0.403 e. The van der Waals surface area contributed by atoms with Crippen LogP contribution in [-0.4, -0.2) is 32.5 Å². The average molecular weight is 495 g/mol. The molecule has 1 saturated carbocycles. The molecule has 3 aromatic rings. The molecule has 1 amide bonds. The Balaban J connectivity index is 1.67. The molecule has 2 heterocycles. The molecule has 1 unspecified atom stereocenters. The lowest BCUT2D eigenvalue weighted by atomic mass is 10.0. The first-order valence-electron chi connectivity index (χ1n) is 10.3. The maximum atomic E-state index is 14.5. The van der Waals surface area contributed by atoms with E-state index in [0.717, 1.165) is 18.2 Å². The number of carbonyl (C=O) groups excluding carboxylic acids is 1. The zero-order valence-corrected chi connectivity index (χ0v) is 17.9. The van der Waals surface area contributed by atoms with E-state index in [-0.39, 0.29) is 23.4 Å². The quantitative estimate of drug-likeness (QED) is 0.490. The lowest BCUT2D eigenvalue weighted by Gasteiger charge is -2.21. The average Bonchev–Trinajstić information content (AvgIpc) is 3.51. The molecule has 1 aliphatic rings. The van der Waals surface area contributed by atoms with Crippen LogP contribution in [0, 0.1) is 11.6 Å². The summed E-state index contributed by atoms with van der Waals surface area (Å²) in [5.74, 6) is -4.14. The third-order valence-corrected chi connectivity index (χ3v) is 5.39. The van der Waals surface area contributed by atoms with Crippen LogP contribution in [0.2, 0.25) is 0 Å². The molecule has 0 bridgehead atoms. The largest absolute Gasteiger partial charge is 0.573 e. The van der Waals surface area contributed by atoms with Gasteiger partial charge in [0.2, 0.25) is 0 Å². The van der Waals surface area contributed by atoms with E-state index in [1.54, 1.807) is 0 Å². The third-order valence-electron chi connectivity index (χ3n) is 5.39. The Morgan fingerprint density at radius 2 is 1.91 bits per heavy atom. The van der Waals surface area contributed by atoms with E-state index in [1.807, 2.05) is 0 Å². The molecule has 4 rings (SSSR count). The second-order valence-corrected chi connectivity index (χ2v) is 8.12. The topological polar surface area (TPSA) is 93.5 Å². The van der Waals surface area contributed by atoms with Gasteiger partial charge in [-0.1, -0.05) is 6.07 Å². The molecular weight excluding hydrogens is 477 g/mol. The van der Waals surface area contributed by atoms with Gasteiger partial charge in [-0.3, -0.25) is 14.6 Å². The van der Waals surface area contributed by atoms with Crippen molar-refractivity contribution in [1.82, 2.24) is 14.9 Å². The van der Waals surface area contributed by atoms with Crippen molar-refractivity contribution >= 4 is 5.91 Å². The molecule has 0 aliphatic heterocycles. The molecule has 0 spiro atoms. The molecular formula is C23H18F5N3O4. The first-order chi connectivity index (χ1) is 16.4. The number of rotatable bonds is 7. The molecule has 184 valence electrons. The van der Waals surface area contributed by atoms with Gasteiger partial charge in [0.15, 0.2) is 11.6 Å². The van der Waals surface area contributed by atoms with Crippen molar-refractivity contribution in [2.45, 2.75) is 37.4 Å². The molecule has 7 nitrogen and oxygen atoms in total. The predicted molar refractivity (Wildman–Crippen MR) is 111 cm³/mol. The molecule has 12 heteroatoms. The maximum absolute atomic E-state index is 14.5. The minimum atomic E-state index is -5.13. The Morgan fingerprint density at radius 1 is 1.17 bits per heavy atom. The van der Waals surface area contributed by atoms with E-state index in [2.05, 4.69) is 15.0 Å². The van der Waals surface area contributed by atoms with Crippen molar-refractivity contribution in [3.8, 4) is 5.75 Å². The van der Waals surface area contributed by atoms with E-state index in [4.69, 9.17) is 0 Å². The van der Waals surface area contributed by atoms with Gasteiger partial charge in [0, 0.05) is 18.5 Å². The van der Waals surface area contributed by atoms with Crippen LogP contribution in [0.25, 0.3) is 0 Å². The Labute approximate surface area is 194 Å². The predicted octanol–water partition coefficient (Wildman–Crippen LogP) is 3.46. The summed E-state index contributed by atoms with van der Waals surface area (Å²) in [5, 5.41) is 12.6. The van der Waals surface area contributed by atoms with Crippen molar-refractivity contribution in [1.29, 1.82) is 0 Å². The highest BCUT2D eigenvalue weighted by Gasteiger charge is 2.41. The number of alkyl halides is 3. The summed E-state index contributed by atoms with van der Waals surface area (Å²) >= 11 is 0. The van der Waals surface area contributed by atoms with Crippen LogP contribution in [0.5, 0.6) is 5.75 Å². The summed E-state index contributed by atoms with van der Waals surface area (Å²) in [5.41, 5.74) is -1.91. The van der Waals surface area contributed by atoms with Crippen LogP contribution in [-0.2, 0) is 6.54 Å². The van der Waals surface area contributed by atoms with Gasteiger partial charge in [-0.25, -0.2) is 8.78 Å². The van der Waals surface area contributed by atoms with Crippen LogP contribution < -0.4 is 15.6 Å². The first kappa shape index (κ1) is 24.3. The highest BCUT2D eigenvalue weighted by atomic mass is 19.4. The fraction of sp³-hybridized carbons (Fsp3) is 0.261. The van der Waals surface area contributed by atoms with Gasteiger partial charge >= 0.3 is 6.36 Å². The second kappa shape index (κ2) is 9.10. The fourth-order valence-electron chi connectivity index (χ4n) is 3.45. The number of nitrogens with zero attached hydrogens (tertiary/aromatic N) is 2. The SMILES string of the molecule is O=C(NC(c1ccc(OC(F)(F)F)c(F)c1)c1ncccc1F)c1ccc(=O)n(CC2(O)CC2)c1. The minimum absolute atomic E-state index is 0.0167. The summed E-state index contributed by atoms with van der Waals surface area (Å²) < 4.78 is 71.1. The molecule has 2 aromatic heterocycles. The lowest BCUT2D eigenvalue weighted by Crippen LogP contribution is -2.33. The Bertz CT molecular complexity index is 1320. The number of carbonyl (C=O) groups is 1. The fourth-order valence-corrected chi connectivity index (χ4v) is 3.45. The normalized spacial score (nSPS) is 15.4. The van der Waals surface area contributed by atoms with Gasteiger partial charge in [-0.2, -0.15) is 0 Å². The standard InChI is InChI=1S/C23H18F5N3O4/c24-15-2-1-9-29-20(15)19(13-3-5-17(16(25)10-13)35-23(26,27)28)30-21(33)14-4-6-18(32)31(11-14)12-22(34)7-8-22/h1-6,9-11,19,34H,7-8,12H2,(H,30,33). The highest BCUT2D eigenvalue weighted by Crippen LogP contribution is 2.36. The van der Waals surface area contributed by atoms with Crippen LogP contribution in [0.15, 0.2) is 59.7 Å². The van der Waals surface area contributed by atoms with Crippen molar-refractivity contribution in [3.63, 3.8) is 0 Å². The highest BCUT2D eigenvalue weighted by molar-refractivity contribution is 5.94. The summed E-state index contributed by atoms with van der Waals surface area (Å²) in [6.07, 6.45) is -1.65. The summed E-state index contributed by atoms with van der Waals surface area (Å²) in [6, 6.07) is 5.70. The van der Waals surface area contributed by atoms with E-state index in [9.17, 15) is 36.6 Å². The molecule has 2 N–H and O–H groups in total. The second-order valence-electron chi connectivity index (χ2n) is 8.12. The van der Waals surface area contributed by atoms with E-state index in [1.165, 1.54) is 29.1 Å². The molecule has 1 fully saturated rings. The number of hydrogen-bond acceptors (Lipinski definition) is 5. The number of ether oxygens (including phenoxy) is 1. The Hall–Kier alpha value is -3.80. The summed E-state index contributed by atoms with van der Waals surface area (Å²) in [6.45, 7) is -0.0167. The van der Waals surface area contributed by atoms with Crippen molar-refractivity contribution in [3.05, 3.63) is 93.7 Å². The van der Waals surface area contributed by atoms with E-state index >= 15 is 0 Å². The number of pyridine rings is 2. The van der Waals surface area contributed by atoms with Crippen molar-refractivity contribution < 1.29 is 36.6 Å². The van der Waals surface area contributed by atoms with Crippen LogP contribution in [0.1, 0.15) is 40.5 Å². The first-order valence-corrected chi connectivity index (χ1v) is 10.3. The Kier molecular flexibility index (Phi) is 6.32. The van der Waals surface area contributed by atoms with E-state index in [0.29, 0.717) is 25.0 Å².